The normalized spacial score (nSPS) is 12.9. The Morgan fingerprint density at radius 1 is 1.10 bits per heavy atom. The Morgan fingerprint density at radius 2 is 1.83 bits per heavy atom. The zero-order valence-electron chi connectivity index (χ0n) is 22.5. The van der Waals surface area contributed by atoms with Crippen LogP contribution in [-0.2, 0) is 23.9 Å². The van der Waals surface area contributed by atoms with E-state index in [0.717, 1.165) is 12.8 Å². The van der Waals surface area contributed by atoms with Crippen molar-refractivity contribution in [2.45, 2.75) is 12.8 Å². The summed E-state index contributed by atoms with van der Waals surface area (Å²) in [6.45, 7) is 0.305. The number of fused-ring (bicyclic) bond motifs is 1. The standard InChI is InChI=1S/C28H29ClFN5O6/c1-39-26(37)13-35(14-27(38)40-2)9-3-4-25(36)34-23-11-19-22(12-24(23)41-15-17-5-6-17)31-16-32-28(19)33-18-7-8-21(30)20(29)10-18/h3-4,7-8,10-12,16-17H,5-6,9,13-15H2,1-2H3,(H,34,36)(H,31,32,33)/b4-3+. The van der Waals surface area contributed by atoms with Crippen molar-refractivity contribution >= 4 is 57.5 Å². The number of aromatic nitrogens is 2. The van der Waals surface area contributed by atoms with Crippen molar-refractivity contribution in [2.24, 2.45) is 5.92 Å². The maximum absolute atomic E-state index is 13.6. The van der Waals surface area contributed by atoms with Crippen LogP contribution in [0.3, 0.4) is 0 Å². The van der Waals surface area contributed by atoms with Gasteiger partial charge in [0.05, 0.1) is 50.1 Å². The van der Waals surface area contributed by atoms with Crippen molar-refractivity contribution in [3.63, 3.8) is 0 Å². The smallest absolute Gasteiger partial charge is 0.319 e. The lowest BCUT2D eigenvalue weighted by molar-refractivity contribution is -0.145. The molecule has 0 bridgehead atoms. The Balaban J connectivity index is 1.55. The number of rotatable bonds is 13. The third kappa shape index (κ3) is 8.60. The highest BCUT2D eigenvalue weighted by Gasteiger charge is 2.23. The first kappa shape index (κ1) is 29.7. The van der Waals surface area contributed by atoms with Crippen molar-refractivity contribution < 1.29 is 33.0 Å². The topological polar surface area (TPSA) is 132 Å². The largest absolute Gasteiger partial charge is 0.491 e. The van der Waals surface area contributed by atoms with E-state index in [1.165, 1.54) is 55.8 Å². The van der Waals surface area contributed by atoms with Gasteiger partial charge in [0.1, 0.15) is 23.7 Å². The second-order valence-electron chi connectivity index (χ2n) is 9.31. The monoisotopic (exact) mass is 585 g/mol. The maximum atomic E-state index is 13.6. The molecule has 1 fully saturated rings. The van der Waals surface area contributed by atoms with Gasteiger partial charge in [0, 0.05) is 29.8 Å². The van der Waals surface area contributed by atoms with E-state index in [4.69, 9.17) is 16.3 Å². The Kier molecular flexibility index (Phi) is 10.0. The molecule has 1 aliphatic rings. The molecule has 0 radical (unpaired) electrons. The molecule has 1 saturated carbocycles. The summed E-state index contributed by atoms with van der Waals surface area (Å²) in [7, 11) is 2.49. The summed E-state index contributed by atoms with van der Waals surface area (Å²) < 4.78 is 29.0. The minimum absolute atomic E-state index is 0.0411. The van der Waals surface area contributed by atoms with Gasteiger partial charge in [-0.3, -0.25) is 19.3 Å². The molecule has 1 aliphatic carbocycles. The van der Waals surface area contributed by atoms with E-state index in [2.05, 4.69) is 30.1 Å². The van der Waals surface area contributed by atoms with Crippen molar-refractivity contribution in [1.82, 2.24) is 14.9 Å². The SMILES string of the molecule is COC(=O)CN(C/C=C/C(=O)Nc1cc2c(Nc3ccc(F)c(Cl)c3)ncnc2cc1OCC1CC1)CC(=O)OC. The van der Waals surface area contributed by atoms with Gasteiger partial charge in [-0.1, -0.05) is 17.7 Å². The predicted molar refractivity (Wildman–Crippen MR) is 151 cm³/mol. The quantitative estimate of drug-likeness (QED) is 0.223. The van der Waals surface area contributed by atoms with Crippen LogP contribution in [0.1, 0.15) is 12.8 Å². The summed E-state index contributed by atoms with van der Waals surface area (Å²) in [5, 5.41) is 6.47. The lowest BCUT2D eigenvalue weighted by Crippen LogP contribution is -2.35. The Labute approximate surface area is 240 Å². The minimum Gasteiger partial charge on any atom is -0.491 e. The van der Waals surface area contributed by atoms with E-state index in [9.17, 15) is 18.8 Å². The first-order valence-corrected chi connectivity index (χ1v) is 13.1. The molecule has 0 atom stereocenters. The van der Waals surface area contributed by atoms with E-state index in [1.807, 2.05) is 0 Å². The highest BCUT2D eigenvalue weighted by atomic mass is 35.5. The molecule has 41 heavy (non-hydrogen) atoms. The average molecular weight is 586 g/mol. The number of nitrogens with zero attached hydrogens (tertiary/aromatic N) is 3. The highest BCUT2D eigenvalue weighted by Crippen LogP contribution is 2.36. The minimum atomic E-state index is -0.543. The van der Waals surface area contributed by atoms with Gasteiger partial charge < -0.3 is 24.8 Å². The fourth-order valence-corrected chi connectivity index (χ4v) is 3.95. The number of hydrogen-bond acceptors (Lipinski definition) is 10. The van der Waals surface area contributed by atoms with Crippen LogP contribution in [0.25, 0.3) is 10.9 Å². The van der Waals surface area contributed by atoms with E-state index in [-0.39, 0.29) is 24.7 Å². The summed E-state index contributed by atoms with van der Waals surface area (Å²) in [4.78, 5) is 46.4. The lowest BCUT2D eigenvalue weighted by Gasteiger charge is -2.17. The van der Waals surface area contributed by atoms with Gasteiger partial charge in [-0.25, -0.2) is 14.4 Å². The first-order valence-electron chi connectivity index (χ1n) is 12.7. The van der Waals surface area contributed by atoms with Gasteiger partial charge in [-0.15, -0.1) is 0 Å². The number of hydrogen-bond donors (Lipinski definition) is 2. The van der Waals surface area contributed by atoms with Gasteiger partial charge in [0.25, 0.3) is 0 Å². The van der Waals surface area contributed by atoms with Crippen molar-refractivity contribution in [1.29, 1.82) is 0 Å². The van der Waals surface area contributed by atoms with E-state index >= 15 is 0 Å². The molecule has 0 aliphatic heterocycles. The maximum Gasteiger partial charge on any atom is 0.319 e. The summed E-state index contributed by atoms with van der Waals surface area (Å²) in [6, 6.07) is 7.62. The molecule has 4 rings (SSSR count). The van der Waals surface area contributed by atoms with Crippen molar-refractivity contribution in [3.8, 4) is 5.75 Å². The molecular weight excluding hydrogens is 557 g/mol. The van der Waals surface area contributed by atoms with E-state index < -0.39 is 23.7 Å². The number of ether oxygens (including phenoxy) is 3. The van der Waals surface area contributed by atoms with E-state index in [1.54, 1.807) is 12.1 Å². The number of nitrogens with one attached hydrogen (secondary N) is 2. The van der Waals surface area contributed by atoms with Crippen LogP contribution in [0.2, 0.25) is 5.02 Å². The van der Waals surface area contributed by atoms with Gasteiger partial charge >= 0.3 is 11.9 Å². The van der Waals surface area contributed by atoms with Crippen LogP contribution in [-0.4, -0.2) is 73.2 Å². The van der Waals surface area contributed by atoms with Gasteiger partial charge in [0.15, 0.2) is 0 Å². The van der Waals surface area contributed by atoms with Crippen LogP contribution in [0.4, 0.5) is 21.6 Å². The van der Waals surface area contributed by atoms with Crippen LogP contribution in [0, 0.1) is 11.7 Å². The number of benzene rings is 2. The van der Waals surface area contributed by atoms with Crippen molar-refractivity contribution in [3.05, 3.63) is 59.7 Å². The van der Waals surface area contributed by atoms with Gasteiger partial charge in [-0.05, 0) is 43.0 Å². The predicted octanol–water partition coefficient (Wildman–Crippen LogP) is 4.10. The molecule has 0 unspecified atom stereocenters. The fraction of sp³-hybridized carbons (Fsp3) is 0.321. The number of carbonyl (C=O) groups excluding carboxylic acids is 3. The zero-order valence-corrected chi connectivity index (χ0v) is 23.2. The molecule has 0 saturated heterocycles. The third-order valence-electron chi connectivity index (χ3n) is 6.14. The fourth-order valence-electron chi connectivity index (χ4n) is 3.77. The molecule has 2 aromatic carbocycles. The highest BCUT2D eigenvalue weighted by molar-refractivity contribution is 6.31. The summed E-state index contributed by atoms with van der Waals surface area (Å²) >= 11 is 5.93. The molecular formula is C28H29ClFN5O6. The number of esters is 2. The Hall–Kier alpha value is -4.29. The molecule has 216 valence electrons. The van der Waals surface area contributed by atoms with E-state index in [0.29, 0.717) is 46.4 Å². The number of amides is 1. The Morgan fingerprint density at radius 3 is 2.49 bits per heavy atom. The van der Waals surface area contributed by atoms with Crippen LogP contribution < -0.4 is 15.4 Å². The second-order valence-corrected chi connectivity index (χ2v) is 9.72. The van der Waals surface area contributed by atoms with Gasteiger partial charge in [0.2, 0.25) is 5.91 Å². The molecule has 0 spiro atoms. The average Bonchev–Trinajstić information content (AvgIpc) is 3.78. The third-order valence-corrected chi connectivity index (χ3v) is 6.43. The summed E-state index contributed by atoms with van der Waals surface area (Å²) in [5.41, 5.74) is 1.47. The van der Waals surface area contributed by atoms with Crippen LogP contribution in [0.5, 0.6) is 5.75 Å². The van der Waals surface area contributed by atoms with Crippen molar-refractivity contribution in [2.75, 3.05) is 51.1 Å². The molecule has 1 aromatic heterocycles. The number of methoxy groups -OCH3 is 2. The number of halogens is 2. The van der Waals surface area contributed by atoms with Gasteiger partial charge in [-0.2, -0.15) is 0 Å². The molecule has 2 N–H and O–H groups in total. The molecule has 11 nitrogen and oxygen atoms in total. The Bertz CT molecular complexity index is 1450. The zero-order chi connectivity index (χ0) is 29.4. The molecule has 13 heteroatoms. The molecule has 3 aromatic rings. The number of carbonyl (C=O) groups is 3. The van der Waals surface area contributed by atoms with Crippen LogP contribution >= 0.6 is 11.6 Å². The molecule has 1 amide bonds. The lowest BCUT2D eigenvalue weighted by atomic mass is 10.1. The summed E-state index contributed by atoms with van der Waals surface area (Å²) in [6.07, 6.45) is 6.36. The summed E-state index contributed by atoms with van der Waals surface area (Å²) in [5.74, 6) is -0.745. The molecule has 1 heterocycles. The number of anilines is 3. The first-order chi connectivity index (χ1) is 19.7. The van der Waals surface area contributed by atoms with Crippen LogP contribution in [0.15, 0.2) is 48.8 Å². The second kappa shape index (κ2) is 13.9.